The molecule has 1 aromatic carbocycles. The van der Waals surface area contributed by atoms with Crippen molar-refractivity contribution in [2.45, 2.75) is 38.6 Å². The first kappa shape index (κ1) is 17.2. The summed E-state index contributed by atoms with van der Waals surface area (Å²) in [6.07, 6.45) is 6.52. The summed E-state index contributed by atoms with van der Waals surface area (Å²) >= 11 is 0. The van der Waals surface area contributed by atoms with Crippen molar-refractivity contribution < 1.29 is 14.3 Å². The highest BCUT2D eigenvalue weighted by Crippen LogP contribution is 2.24. The molecule has 6 nitrogen and oxygen atoms in total. The molecule has 25 heavy (non-hydrogen) atoms. The highest BCUT2D eigenvalue weighted by Gasteiger charge is 2.29. The van der Waals surface area contributed by atoms with Crippen molar-refractivity contribution in [3.05, 3.63) is 42.2 Å². The van der Waals surface area contributed by atoms with E-state index in [2.05, 4.69) is 9.97 Å². The highest BCUT2D eigenvalue weighted by atomic mass is 16.5. The number of imidazole rings is 1. The third kappa shape index (κ3) is 4.07. The molecule has 1 aromatic heterocycles. The van der Waals surface area contributed by atoms with E-state index >= 15 is 0 Å². The standard InChI is InChI=1S/C19H23N3O3/c1-2-25-17(23)13-16-8-3-4-11-22(16)19(24)15-7-5-6-14(12-15)18-20-9-10-21-18/h5-7,9-10,12,16H,2-4,8,11,13H2,1H3,(H,20,21)/t16-/m1/s1. The highest BCUT2D eigenvalue weighted by molar-refractivity contribution is 5.95. The molecule has 1 saturated heterocycles. The van der Waals surface area contributed by atoms with Gasteiger partial charge in [0.15, 0.2) is 0 Å². The predicted molar refractivity (Wildman–Crippen MR) is 93.9 cm³/mol. The normalized spacial score (nSPS) is 17.3. The Bertz CT molecular complexity index is 727. The van der Waals surface area contributed by atoms with E-state index in [1.54, 1.807) is 19.3 Å². The lowest BCUT2D eigenvalue weighted by molar-refractivity contribution is -0.144. The molecule has 0 spiro atoms. The number of hydrogen-bond donors (Lipinski definition) is 1. The van der Waals surface area contributed by atoms with Gasteiger partial charge in [0.1, 0.15) is 5.82 Å². The molecular formula is C19H23N3O3. The second-order valence-corrected chi connectivity index (χ2v) is 6.18. The van der Waals surface area contributed by atoms with E-state index in [9.17, 15) is 9.59 Å². The molecule has 0 bridgehead atoms. The lowest BCUT2D eigenvalue weighted by Crippen LogP contribution is -2.45. The maximum atomic E-state index is 13.0. The molecule has 6 heteroatoms. The molecule has 132 valence electrons. The summed E-state index contributed by atoms with van der Waals surface area (Å²) in [5.74, 6) is 0.454. The molecule has 1 aliphatic heterocycles. The van der Waals surface area contributed by atoms with Crippen LogP contribution in [-0.4, -0.2) is 45.9 Å². The topological polar surface area (TPSA) is 75.3 Å². The summed E-state index contributed by atoms with van der Waals surface area (Å²) in [6, 6.07) is 7.34. The predicted octanol–water partition coefficient (Wildman–Crippen LogP) is 3.02. The lowest BCUT2D eigenvalue weighted by Gasteiger charge is -2.35. The average molecular weight is 341 g/mol. The van der Waals surface area contributed by atoms with Crippen LogP contribution < -0.4 is 0 Å². The number of amides is 1. The van der Waals surface area contributed by atoms with Crippen molar-refractivity contribution in [3.63, 3.8) is 0 Å². The number of ether oxygens (including phenoxy) is 1. The maximum absolute atomic E-state index is 13.0. The summed E-state index contributed by atoms with van der Waals surface area (Å²) in [5.41, 5.74) is 1.49. The second kappa shape index (κ2) is 7.96. The Morgan fingerprint density at radius 3 is 3.00 bits per heavy atom. The van der Waals surface area contributed by atoms with Gasteiger partial charge in [-0.1, -0.05) is 12.1 Å². The van der Waals surface area contributed by atoms with Crippen LogP contribution >= 0.6 is 0 Å². The number of likely N-dealkylation sites (tertiary alicyclic amines) is 1. The fraction of sp³-hybridized carbons (Fsp3) is 0.421. The molecule has 1 amide bonds. The Hall–Kier alpha value is -2.63. The van der Waals surface area contributed by atoms with Crippen LogP contribution in [0.2, 0.25) is 0 Å². The Balaban J connectivity index is 1.78. The number of H-pyrrole nitrogens is 1. The van der Waals surface area contributed by atoms with Crippen molar-refractivity contribution in [1.29, 1.82) is 0 Å². The first-order valence-electron chi connectivity index (χ1n) is 8.75. The number of rotatable bonds is 5. The Morgan fingerprint density at radius 1 is 1.36 bits per heavy atom. The minimum Gasteiger partial charge on any atom is -0.466 e. The molecule has 1 N–H and O–H groups in total. The van der Waals surface area contributed by atoms with Gasteiger partial charge >= 0.3 is 5.97 Å². The molecule has 0 saturated carbocycles. The van der Waals surface area contributed by atoms with Crippen LogP contribution in [0, 0.1) is 0 Å². The summed E-state index contributed by atoms with van der Waals surface area (Å²) in [5, 5.41) is 0. The van der Waals surface area contributed by atoms with E-state index in [0.717, 1.165) is 30.7 Å². The first-order valence-corrected chi connectivity index (χ1v) is 8.75. The molecule has 2 heterocycles. The number of nitrogens with zero attached hydrogens (tertiary/aromatic N) is 2. The molecular weight excluding hydrogens is 318 g/mol. The SMILES string of the molecule is CCOC(=O)C[C@H]1CCCCN1C(=O)c1cccc(-c2ncc[nH]2)c1. The number of esters is 1. The summed E-state index contributed by atoms with van der Waals surface area (Å²) in [4.78, 5) is 34.0. The van der Waals surface area contributed by atoms with Crippen molar-refractivity contribution in [2.24, 2.45) is 0 Å². The van der Waals surface area contributed by atoms with Crippen molar-refractivity contribution in [3.8, 4) is 11.4 Å². The molecule has 3 rings (SSSR count). The Kier molecular flexibility index (Phi) is 5.48. The number of carbonyl (C=O) groups is 2. The van der Waals surface area contributed by atoms with E-state index < -0.39 is 0 Å². The van der Waals surface area contributed by atoms with Crippen LogP contribution in [0.15, 0.2) is 36.7 Å². The van der Waals surface area contributed by atoms with E-state index in [1.165, 1.54) is 0 Å². The number of carbonyl (C=O) groups excluding carboxylic acids is 2. The van der Waals surface area contributed by atoms with Gasteiger partial charge in [0.05, 0.1) is 13.0 Å². The van der Waals surface area contributed by atoms with Crippen molar-refractivity contribution in [1.82, 2.24) is 14.9 Å². The van der Waals surface area contributed by atoms with E-state index in [-0.39, 0.29) is 24.3 Å². The Labute approximate surface area is 147 Å². The van der Waals surface area contributed by atoms with Crippen molar-refractivity contribution >= 4 is 11.9 Å². The van der Waals surface area contributed by atoms with Crippen LogP contribution in [0.5, 0.6) is 0 Å². The van der Waals surface area contributed by atoms with E-state index in [4.69, 9.17) is 4.74 Å². The molecule has 2 aromatic rings. The minimum absolute atomic E-state index is 0.0394. The van der Waals surface area contributed by atoms with Crippen LogP contribution in [0.1, 0.15) is 43.0 Å². The number of piperidine rings is 1. The maximum Gasteiger partial charge on any atom is 0.307 e. The molecule has 0 radical (unpaired) electrons. The van der Waals surface area contributed by atoms with Crippen LogP contribution in [0.25, 0.3) is 11.4 Å². The van der Waals surface area contributed by atoms with Crippen molar-refractivity contribution in [2.75, 3.05) is 13.2 Å². The smallest absolute Gasteiger partial charge is 0.307 e. The van der Waals surface area contributed by atoms with Gasteiger partial charge in [-0.2, -0.15) is 0 Å². The minimum atomic E-state index is -0.239. The summed E-state index contributed by atoms with van der Waals surface area (Å²) in [7, 11) is 0. The van der Waals surface area contributed by atoms with E-state index in [1.807, 2.05) is 29.2 Å². The third-order valence-electron chi connectivity index (χ3n) is 4.48. The van der Waals surface area contributed by atoms with Crippen LogP contribution in [0.4, 0.5) is 0 Å². The van der Waals surface area contributed by atoms with Crippen LogP contribution in [-0.2, 0) is 9.53 Å². The van der Waals surface area contributed by atoms with Gasteiger partial charge < -0.3 is 14.6 Å². The molecule has 0 unspecified atom stereocenters. The Morgan fingerprint density at radius 2 is 2.24 bits per heavy atom. The monoisotopic (exact) mass is 341 g/mol. The number of benzene rings is 1. The molecule has 1 fully saturated rings. The van der Waals surface area contributed by atoms with Crippen LogP contribution in [0.3, 0.4) is 0 Å². The first-order chi connectivity index (χ1) is 12.2. The zero-order valence-electron chi connectivity index (χ0n) is 14.4. The quantitative estimate of drug-likeness (QED) is 0.848. The largest absolute Gasteiger partial charge is 0.466 e. The molecule has 0 aliphatic carbocycles. The number of hydrogen-bond acceptors (Lipinski definition) is 4. The zero-order chi connectivity index (χ0) is 17.6. The van der Waals surface area contributed by atoms with Gasteiger partial charge in [-0.25, -0.2) is 4.98 Å². The number of nitrogens with one attached hydrogen (secondary N) is 1. The van der Waals surface area contributed by atoms with Gasteiger partial charge in [-0.3, -0.25) is 9.59 Å². The number of aromatic amines is 1. The fourth-order valence-electron chi connectivity index (χ4n) is 3.28. The second-order valence-electron chi connectivity index (χ2n) is 6.18. The van der Waals surface area contributed by atoms with Gasteiger partial charge in [0, 0.05) is 36.1 Å². The fourth-order valence-corrected chi connectivity index (χ4v) is 3.28. The van der Waals surface area contributed by atoms with E-state index in [0.29, 0.717) is 18.7 Å². The lowest BCUT2D eigenvalue weighted by atomic mass is 9.98. The third-order valence-corrected chi connectivity index (χ3v) is 4.48. The molecule has 1 atom stereocenters. The average Bonchev–Trinajstić information content (AvgIpc) is 3.17. The number of aromatic nitrogens is 2. The van der Waals surface area contributed by atoms with Gasteiger partial charge in [0.2, 0.25) is 0 Å². The van der Waals surface area contributed by atoms with Gasteiger partial charge in [-0.15, -0.1) is 0 Å². The summed E-state index contributed by atoms with van der Waals surface area (Å²) in [6.45, 7) is 2.83. The zero-order valence-corrected chi connectivity index (χ0v) is 14.4. The van der Waals surface area contributed by atoms with Gasteiger partial charge in [-0.05, 0) is 38.3 Å². The summed E-state index contributed by atoms with van der Waals surface area (Å²) < 4.78 is 5.06. The van der Waals surface area contributed by atoms with Gasteiger partial charge in [0.25, 0.3) is 5.91 Å². The molecule has 1 aliphatic rings.